The average molecular weight is 252 g/mol. The van der Waals surface area contributed by atoms with E-state index in [1.807, 2.05) is 4.90 Å². The number of aromatic carboxylic acids is 1. The van der Waals surface area contributed by atoms with Crippen molar-refractivity contribution in [3.63, 3.8) is 0 Å². The molecule has 5 heteroatoms. The fraction of sp³-hybridized carbons (Fsp3) is 0.462. The van der Waals surface area contributed by atoms with E-state index >= 15 is 0 Å². The number of piperidine rings is 1. The molecule has 1 atom stereocenters. The lowest BCUT2D eigenvalue weighted by Gasteiger charge is -2.36. The van der Waals surface area contributed by atoms with Gasteiger partial charge in [0.15, 0.2) is 0 Å². The summed E-state index contributed by atoms with van der Waals surface area (Å²) in [5.41, 5.74) is 6.40. The molecule has 18 heavy (non-hydrogen) atoms. The standard InChI is InChI=1S/C13H17FN2O2/c1-8-4-2-3-5-16(8)12-7-10(14)9(13(17)18)6-11(12)15/h6-8H,2-5,15H2,1H3,(H,17,18). The summed E-state index contributed by atoms with van der Waals surface area (Å²) in [4.78, 5) is 12.9. The molecule has 1 aromatic rings. The summed E-state index contributed by atoms with van der Waals surface area (Å²) in [5, 5.41) is 8.83. The first-order valence-electron chi connectivity index (χ1n) is 6.09. The van der Waals surface area contributed by atoms with Crippen molar-refractivity contribution in [1.82, 2.24) is 0 Å². The van der Waals surface area contributed by atoms with E-state index in [1.54, 1.807) is 0 Å². The molecule has 0 radical (unpaired) electrons. The summed E-state index contributed by atoms with van der Waals surface area (Å²) >= 11 is 0. The van der Waals surface area contributed by atoms with Crippen molar-refractivity contribution in [2.75, 3.05) is 17.2 Å². The summed E-state index contributed by atoms with van der Waals surface area (Å²) < 4.78 is 13.7. The smallest absolute Gasteiger partial charge is 0.338 e. The van der Waals surface area contributed by atoms with Crippen LogP contribution in [-0.2, 0) is 0 Å². The molecule has 2 rings (SSSR count). The number of carboxylic acid groups (broad SMARTS) is 1. The molecule has 4 nitrogen and oxygen atoms in total. The maximum atomic E-state index is 13.7. The van der Waals surface area contributed by atoms with Gasteiger partial charge in [-0.3, -0.25) is 0 Å². The van der Waals surface area contributed by atoms with Gasteiger partial charge in [-0.05, 0) is 32.3 Å². The second kappa shape index (κ2) is 4.84. The van der Waals surface area contributed by atoms with Crippen molar-refractivity contribution in [1.29, 1.82) is 0 Å². The molecule has 3 N–H and O–H groups in total. The van der Waals surface area contributed by atoms with Gasteiger partial charge in [0.25, 0.3) is 0 Å². The minimum absolute atomic E-state index is 0.302. The van der Waals surface area contributed by atoms with Crippen LogP contribution in [0.5, 0.6) is 0 Å². The van der Waals surface area contributed by atoms with E-state index < -0.39 is 11.8 Å². The average Bonchev–Trinajstić information content (AvgIpc) is 2.32. The number of nitrogens with zero attached hydrogens (tertiary/aromatic N) is 1. The number of hydrogen-bond donors (Lipinski definition) is 2. The molecule has 1 fully saturated rings. The van der Waals surface area contributed by atoms with E-state index in [0.29, 0.717) is 17.4 Å². The fourth-order valence-corrected chi connectivity index (χ4v) is 2.45. The summed E-state index contributed by atoms with van der Waals surface area (Å²) in [6, 6.07) is 2.74. The Hall–Kier alpha value is -1.78. The molecule has 98 valence electrons. The zero-order chi connectivity index (χ0) is 13.3. The Kier molecular flexibility index (Phi) is 3.41. The van der Waals surface area contributed by atoms with Crippen LogP contribution >= 0.6 is 0 Å². The number of hydrogen-bond acceptors (Lipinski definition) is 3. The number of halogens is 1. The van der Waals surface area contributed by atoms with Crippen molar-refractivity contribution < 1.29 is 14.3 Å². The van der Waals surface area contributed by atoms with Crippen LogP contribution in [0.3, 0.4) is 0 Å². The molecule has 1 heterocycles. The Balaban J connectivity index is 2.39. The van der Waals surface area contributed by atoms with Gasteiger partial charge in [-0.2, -0.15) is 0 Å². The van der Waals surface area contributed by atoms with Crippen molar-refractivity contribution in [2.45, 2.75) is 32.2 Å². The first kappa shape index (κ1) is 12.7. The van der Waals surface area contributed by atoms with Crippen LogP contribution in [0.25, 0.3) is 0 Å². The molecular formula is C13H17FN2O2. The van der Waals surface area contributed by atoms with Crippen LogP contribution in [0.15, 0.2) is 12.1 Å². The molecule has 1 unspecified atom stereocenters. The quantitative estimate of drug-likeness (QED) is 0.793. The third-order valence-corrected chi connectivity index (χ3v) is 3.46. The highest BCUT2D eigenvalue weighted by Gasteiger charge is 2.23. The number of benzene rings is 1. The first-order chi connectivity index (χ1) is 8.50. The predicted octanol–water partition coefficient (Wildman–Crippen LogP) is 2.48. The fourth-order valence-electron chi connectivity index (χ4n) is 2.45. The normalized spacial score (nSPS) is 19.9. The Labute approximate surface area is 105 Å². The summed E-state index contributed by atoms with van der Waals surface area (Å²) in [6.45, 7) is 2.90. The highest BCUT2D eigenvalue weighted by atomic mass is 19.1. The highest BCUT2D eigenvalue weighted by Crippen LogP contribution is 2.31. The van der Waals surface area contributed by atoms with E-state index in [1.165, 1.54) is 12.1 Å². The van der Waals surface area contributed by atoms with Crippen LogP contribution in [0.2, 0.25) is 0 Å². The third kappa shape index (κ3) is 2.25. The Morgan fingerprint density at radius 1 is 1.50 bits per heavy atom. The largest absolute Gasteiger partial charge is 0.478 e. The Bertz CT molecular complexity index is 476. The van der Waals surface area contributed by atoms with Gasteiger partial charge in [-0.15, -0.1) is 0 Å². The molecule has 1 saturated heterocycles. The van der Waals surface area contributed by atoms with Gasteiger partial charge in [0.1, 0.15) is 5.82 Å². The molecule has 0 aromatic heterocycles. The Morgan fingerprint density at radius 3 is 2.83 bits per heavy atom. The van der Waals surface area contributed by atoms with Crippen LogP contribution in [0.4, 0.5) is 15.8 Å². The molecule has 0 saturated carbocycles. The Morgan fingerprint density at radius 2 is 2.22 bits per heavy atom. The van der Waals surface area contributed by atoms with E-state index in [2.05, 4.69) is 6.92 Å². The minimum Gasteiger partial charge on any atom is -0.478 e. The van der Waals surface area contributed by atoms with Gasteiger partial charge >= 0.3 is 5.97 Å². The number of carboxylic acids is 1. The van der Waals surface area contributed by atoms with Gasteiger partial charge in [-0.25, -0.2) is 9.18 Å². The summed E-state index contributed by atoms with van der Waals surface area (Å²) in [7, 11) is 0. The van der Waals surface area contributed by atoms with E-state index in [4.69, 9.17) is 10.8 Å². The third-order valence-electron chi connectivity index (χ3n) is 3.46. The van der Waals surface area contributed by atoms with Crippen LogP contribution in [-0.4, -0.2) is 23.7 Å². The van der Waals surface area contributed by atoms with E-state index in [0.717, 1.165) is 25.8 Å². The molecule has 1 aliphatic heterocycles. The van der Waals surface area contributed by atoms with Gasteiger partial charge in [0.05, 0.1) is 16.9 Å². The number of nitrogen functional groups attached to an aromatic ring is 1. The van der Waals surface area contributed by atoms with Crippen molar-refractivity contribution >= 4 is 17.3 Å². The van der Waals surface area contributed by atoms with Crippen molar-refractivity contribution in [3.05, 3.63) is 23.5 Å². The number of anilines is 2. The summed E-state index contributed by atoms with van der Waals surface area (Å²) in [5.74, 6) is -2.03. The summed E-state index contributed by atoms with van der Waals surface area (Å²) in [6.07, 6.45) is 3.25. The van der Waals surface area contributed by atoms with Crippen LogP contribution < -0.4 is 10.6 Å². The van der Waals surface area contributed by atoms with Gasteiger partial charge in [0, 0.05) is 18.7 Å². The van der Waals surface area contributed by atoms with Crippen molar-refractivity contribution in [2.24, 2.45) is 0 Å². The van der Waals surface area contributed by atoms with E-state index in [-0.39, 0.29) is 5.56 Å². The number of nitrogens with two attached hydrogens (primary N) is 1. The van der Waals surface area contributed by atoms with Crippen LogP contribution in [0, 0.1) is 5.82 Å². The molecule has 0 spiro atoms. The van der Waals surface area contributed by atoms with Crippen LogP contribution in [0.1, 0.15) is 36.5 Å². The molecule has 1 aliphatic rings. The lowest BCUT2D eigenvalue weighted by molar-refractivity contribution is 0.0692. The van der Waals surface area contributed by atoms with E-state index in [9.17, 15) is 9.18 Å². The number of rotatable bonds is 2. The maximum Gasteiger partial charge on any atom is 0.338 e. The van der Waals surface area contributed by atoms with Crippen molar-refractivity contribution in [3.8, 4) is 0 Å². The second-order valence-electron chi connectivity index (χ2n) is 4.73. The first-order valence-corrected chi connectivity index (χ1v) is 6.09. The van der Waals surface area contributed by atoms with Gasteiger partial charge < -0.3 is 15.7 Å². The predicted molar refractivity (Wildman–Crippen MR) is 68.4 cm³/mol. The lowest BCUT2D eigenvalue weighted by Crippen LogP contribution is -2.38. The van der Waals surface area contributed by atoms with Gasteiger partial charge in [-0.1, -0.05) is 0 Å². The zero-order valence-corrected chi connectivity index (χ0v) is 10.3. The zero-order valence-electron chi connectivity index (χ0n) is 10.3. The molecule has 0 amide bonds. The second-order valence-corrected chi connectivity index (χ2v) is 4.73. The highest BCUT2D eigenvalue weighted by molar-refractivity contribution is 5.91. The number of carbonyl (C=O) groups is 1. The monoisotopic (exact) mass is 252 g/mol. The molecular weight excluding hydrogens is 235 g/mol. The SMILES string of the molecule is CC1CCCCN1c1cc(F)c(C(=O)O)cc1N. The topological polar surface area (TPSA) is 66.6 Å². The molecule has 1 aromatic carbocycles. The lowest BCUT2D eigenvalue weighted by atomic mass is 10.0. The van der Waals surface area contributed by atoms with Gasteiger partial charge in [0.2, 0.25) is 0 Å². The molecule has 0 aliphatic carbocycles. The molecule has 0 bridgehead atoms. The maximum absolute atomic E-state index is 13.7. The minimum atomic E-state index is -1.29.